The lowest BCUT2D eigenvalue weighted by atomic mass is 9.95. The minimum Gasteiger partial charge on any atom is -0.312 e. The lowest BCUT2D eigenvalue weighted by molar-refractivity contribution is -0.117. The van der Waals surface area contributed by atoms with E-state index in [0.29, 0.717) is 29.9 Å². The Bertz CT molecular complexity index is 1120. The van der Waals surface area contributed by atoms with Crippen LogP contribution in [-0.4, -0.2) is 70.5 Å². The van der Waals surface area contributed by atoms with Gasteiger partial charge in [0.15, 0.2) is 5.82 Å². The summed E-state index contributed by atoms with van der Waals surface area (Å²) in [6.07, 6.45) is 5.50. The zero-order valence-electron chi connectivity index (χ0n) is 19.9. The molecule has 3 aromatic rings. The topological polar surface area (TPSA) is 118 Å². The van der Waals surface area contributed by atoms with Gasteiger partial charge in [-0.3, -0.25) is 9.69 Å². The van der Waals surface area contributed by atoms with Crippen LogP contribution >= 0.6 is 11.3 Å². The van der Waals surface area contributed by atoms with E-state index in [1.165, 1.54) is 12.8 Å². The summed E-state index contributed by atoms with van der Waals surface area (Å²) < 4.78 is 2.39. The average Bonchev–Trinajstić information content (AvgIpc) is 3.60. The van der Waals surface area contributed by atoms with E-state index in [1.807, 2.05) is 17.5 Å². The van der Waals surface area contributed by atoms with Crippen molar-refractivity contribution in [2.45, 2.75) is 83.3 Å². The van der Waals surface area contributed by atoms with Crippen molar-refractivity contribution in [1.29, 1.82) is 0 Å². The van der Waals surface area contributed by atoms with Crippen molar-refractivity contribution in [3.8, 4) is 0 Å². The van der Waals surface area contributed by atoms with Gasteiger partial charge in [0.2, 0.25) is 0 Å². The molecule has 5 heterocycles. The van der Waals surface area contributed by atoms with Gasteiger partial charge in [-0.1, -0.05) is 25.1 Å². The van der Waals surface area contributed by atoms with E-state index in [2.05, 4.69) is 66.1 Å². The maximum Gasteiger partial charge on any atom is 0.253 e. The van der Waals surface area contributed by atoms with E-state index in [1.54, 1.807) is 11.3 Å². The molecule has 10 nitrogen and oxygen atoms in total. The van der Waals surface area contributed by atoms with Gasteiger partial charge in [-0.2, -0.15) is 5.21 Å². The number of aromatic nitrogens is 7. The highest BCUT2D eigenvalue weighted by Crippen LogP contribution is 2.42. The Morgan fingerprint density at radius 3 is 2.65 bits per heavy atom. The maximum absolute atomic E-state index is 12.6. The first-order chi connectivity index (χ1) is 16.5. The van der Waals surface area contributed by atoms with Gasteiger partial charge in [-0.25, -0.2) is 4.99 Å². The van der Waals surface area contributed by atoms with Crippen molar-refractivity contribution in [3.05, 3.63) is 39.9 Å². The molecule has 1 amide bonds. The van der Waals surface area contributed by atoms with Gasteiger partial charge in [-0.05, 0) is 44.1 Å². The molecule has 2 fully saturated rings. The Balaban J connectivity index is 1.28. The monoisotopic (exact) mass is 481 g/mol. The summed E-state index contributed by atoms with van der Waals surface area (Å²) >= 11 is 1.62. The SMILES string of the molecule is Cc1nnc(C(C)C)n1C1CC2CCC(C1)N2CCC(=NC(=O)Cc1nn[nH]n1)c1cccs1. The standard InChI is InChI=1S/C23H31N9OS/c1-14(2)23-28-25-15(3)32(23)18-11-16-6-7-17(12-18)31(16)9-8-19(20-5-4-10-34-20)24-22(33)13-21-26-29-30-27-21/h4-5,10,14,16-18H,6-9,11-13H2,1-3H3,(H,26,27,29,30). The van der Waals surface area contributed by atoms with E-state index >= 15 is 0 Å². The van der Waals surface area contributed by atoms with Crippen LogP contribution in [0.3, 0.4) is 0 Å². The van der Waals surface area contributed by atoms with Crippen molar-refractivity contribution in [2.75, 3.05) is 6.54 Å². The predicted molar refractivity (Wildman–Crippen MR) is 129 cm³/mol. The van der Waals surface area contributed by atoms with Gasteiger partial charge < -0.3 is 4.57 Å². The fourth-order valence-corrected chi connectivity index (χ4v) is 6.29. The van der Waals surface area contributed by atoms with Gasteiger partial charge in [0, 0.05) is 41.9 Å². The number of aromatic amines is 1. The zero-order valence-corrected chi connectivity index (χ0v) is 20.7. The van der Waals surface area contributed by atoms with Gasteiger partial charge in [0.1, 0.15) is 11.6 Å². The second kappa shape index (κ2) is 9.83. The number of aryl methyl sites for hydroxylation is 1. The van der Waals surface area contributed by atoms with Crippen molar-refractivity contribution in [1.82, 2.24) is 40.3 Å². The fraction of sp³-hybridized carbons (Fsp3) is 0.609. The molecule has 2 aliphatic rings. The lowest BCUT2D eigenvalue weighted by Crippen LogP contribution is -2.44. The number of hydrogen-bond donors (Lipinski definition) is 1. The third-order valence-corrected chi connectivity index (χ3v) is 7.92. The Morgan fingerprint density at radius 1 is 1.21 bits per heavy atom. The molecule has 0 radical (unpaired) electrons. The van der Waals surface area contributed by atoms with Gasteiger partial charge in [0.05, 0.1) is 12.1 Å². The molecule has 2 saturated heterocycles. The van der Waals surface area contributed by atoms with Crippen LogP contribution in [0.4, 0.5) is 0 Å². The molecule has 5 rings (SSSR count). The quantitative estimate of drug-likeness (QED) is 0.491. The summed E-state index contributed by atoms with van der Waals surface area (Å²) in [5.41, 5.74) is 0.849. The van der Waals surface area contributed by atoms with Crippen molar-refractivity contribution in [2.24, 2.45) is 4.99 Å². The summed E-state index contributed by atoms with van der Waals surface area (Å²) in [5.74, 6) is 2.61. The molecule has 2 atom stereocenters. The molecular weight excluding hydrogens is 450 g/mol. The molecule has 1 N–H and O–H groups in total. The summed E-state index contributed by atoms with van der Waals surface area (Å²) in [5, 5.41) is 24.5. The number of nitrogens with one attached hydrogen (secondary N) is 1. The van der Waals surface area contributed by atoms with Crippen LogP contribution in [0.2, 0.25) is 0 Å². The molecule has 0 spiro atoms. The normalized spacial score (nSPS) is 23.2. The first kappa shape index (κ1) is 23.0. The molecule has 2 bridgehead atoms. The summed E-state index contributed by atoms with van der Waals surface area (Å²) in [6, 6.07) is 5.59. The fourth-order valence-electron chi connectivity index (χ4n) is 5.55. The molecule has 11 heteroatoms. The second-order valence-electron chi connectivity index (χ2n) is 9.56. The third-order valence-electron chi connectivity index (χ3n) is 7.00. The third kappa shape index (κ3) is 4.72. The highest BCUT2D eigenvalue weighted by atomic mass is 32.1. The Kier molecular flexibility index (Phi) is 6.64. The van der Waals surface area contributed by atoms with Gasteiger partial charge in [-0.15, -0.1) is 31.7 Å². The minimum absolute atomic E-state index is 0.0541. The number of hydrogen-bond acceptors (Lipinski definition) is 8. The molecule has 2 aliphatic heterocycles. The number of rotatable bonds is 8. The highest BCUT2D eigenvalue weighted by molar-refractivity contribution is 7.12. The second-order valence-corrected chi connectivity index (χ2v) is 10.5. The summed E-state index contributed by atoms with van der Waals surface area (Å²) in [7, 11) is 0. The van der Waals surface area contributed by atoms with Crippen LogP contribution in [0.1, 0.15) is 80.3 Å². The number of thiophene rings is 1. The van der Waals surface area contributed by atoms with Crippen molar-refractivity contribution in [3.63, 3.8) is 0 Å². The van der Waals surface area contributed by atoms with Crippen LogP contribution in [0.25, 0.3) is 0 Å². The molecule has 0 aliphatic carbocycles. The number of nitrogens with zero attached hydrogens (tertiary/aromatic N) is 8. The number of piperidine rings is 1. The van der Waals surface area contributed by atoms with Crippen LogP contribution < -0.4 is 0 Å². The smallest absolute Gasteiger partial charge is 0.253 e. The molecule has 0 saturated carbocycles. The number of carbonyl (C=O) groups is 1. The molecule has 3 aromatic heterocycles. The summed E-state index contributed by atoms with van der Waals surface area (Å²) in [4.78, 5) is 20.7. The number of amides is 1. The molecule has 0 aromatic carbocycles. The van der Waals surface area contributed by atoms with E-state index < -0.39 is 0 Å². The van der Waals surface area contributed by atoms with Crippen LogP contribution in [0.5, 0.6) is 0 Å². The highest BCUT2D eigenvalue weighted by Gasteiger charge is 2.42. The summed E-state index contributed by atoms with van der Waals surface area (Å²) in [6.45, 7) is 7.36. The van der Waals surface area contributed by atoms with Crippen LogP contribution in [-0.2, 0) is 11.2 Å². The van der Waals surface area contributed by atoms with Crippen molar-refractivity contribution < 1.29 is 4.79 Å². The first-order valence-electron chi connectivity index (χ1n) is 12.0. The average molecular weight is 482 g/mol. The van der Waals surface area contributed by atoms with E-state index in [0.717, 1.165) is 48.0 Å². The van der Waals surface area contributed by atoms with Gasteiger partial charge >= 0.3 is 0 Å². The van der Waals surface area contributed by atoms with Crippen molar-refractivity contribution >= 4 is 23.0 Å². The van der Waals surface area contributed by atoms with Crippen LogP contribution in [0.15, 0.2) is 22.5 Å². The molecule has 2 unspecified atom stereocenters. The minimum atomic E-state index is -0.240. The molecule has 180 valence electrons. The predicted octanol–water partition coefficient (Wildman–Crippen LogP) is 3.10. The number of carbonyl (C=O) groups excluding carboxylic acids is 1. The van der Waals surface area contributed by atoms with E-state index in [4.69, 9.17) is 0 Å². The lowest BCUT2D eigenvalue weighted by Gasteiger charge is -2.40. The molecule has 34 heavy (non-hydrogen) atoms. The Morgan fingerprint density at radius 2 is 2.00 bits per heavy atom. The number of aliphatic imine (C=N–C) groups is 1. The zero-order chi connectivity index (χ0) is 23.7. The Hall–Kier alpha value is -2.79. The number of H-pyrrole nitrogens is 1. The molecular formula is C23H31N9OS. The van der Waals surface area contributed by atoms with E-state index in [-0.39, 0.29) is 12.3 Å². The Labute approximate surface area is 202 Å². The van der Waals surface area contributed by atoms with Crippen LogP contribution in [0, 0.1) is 6.92 Å². The number of fused-ring (bicyclic) bond motifs is 2. The first-order valence-corrected chi connectivity index (χ1v) is 12.9. The van der Waals surface area contributed by atoms with Gasteiger partial charge in [0.25, 0.3) is 5.91 Å². The number of tetrazole rings is 1. The largest absolute Gasteiger partial charge is 0.312 e. The van der Waals surface area contributed by atoms with E-state index in [9.17, 15) is 4.79 Å². The maximum atomic E-state index is 12.6.